The summed E-state index contributed by atoms with van der Waals surface area (Å²) < 4.78 is 6.46. The zero-order valence-electron chi connectivity index (χ0n) is 15.4. The van der Waals surface area contributed by atoms with Crippen molar-refractivity contribution in [1.82, 2.24) is 4.98 Å². The Balaban J connectivity index is 1.57. The number of aryl methyl sites for hydroxylation is 1. The summed E-state index contributed by atoms with van der Waals surface area (Å²) in [5, 5.41) is 3.54. The molecule has 0 fully saturated rings. The van der Waals surface area contributed by atoms with Gasteiger partial charge in [0.15, 0.2) is 6.10 Å². The summed E-state index contributed by atoms with van der Waals surface area (Å²) in [6.07, 6.45) is 1.72. The van der Waals surface area contributed by atoms with Gasteiger partial charge in [0.25, 0.3) is 5.91 Å². The molecule has 4 rings (SSSR count). The second kappa shape index (κ2) is 7.72. The van der Waals surface area contributed by atoms with E-state index in [9.17, 15) is 9.59 Å². The highest BCUT2D eigenvalue weighted by atomic mass is 79.9. The van der Waals surface area contributed by atoms with Gasteiger partial charge in [0.1, 0.15) is 0 Å². The second-order valence-electron chi connectivity index (χ2n) is 6.83. The van der Waals surface area contributed by atoms with Crippen LogP contribution in [0.4, 0.5) is 5.69 Å². The zero-order chi connectivity index (χ0) is 19.7. The predicted octanol–water partition coefficient (Wildman–Crippen LogP) is 4.67. The number of nitrogens with one attached hydrogen (secondary N) is 1. The van der Waals surface area contributed by atoms with Crippen molar-refractivity contribution in [3.63, 3.8) is 0 Å². The van der Waals surface area contributed by atoms with Gasteiger partial charge in [-0.1, -0.05) is 34.1 Å². The number of esters is 1. The molecule has 0 saturated heterocycles. The monoisotopic (exact) mass is 438 g/mol. The summed E-state index contributed by atoms with van der Waals surface area (Å²) in [6, 6.07) is 14.8. The molecule has 28 heavy (non-hydrogen) atoms. The predicted molar refractivity (Wildman–Crippen MR) is 111 cm³/mol. The van der Waals surface area contributed by atoms with Crippen LogP contribution in [0, 0.1) is 0 Å². The Morgan fingerprint density at radius 3 is 2.64 bits per heavy atom. The van der Waals surface area contributed by atoms with Crippen LogP contribution in [0.2, 0.25) is 0 Å². The van der Waals surface area contributed by atoms with E-state index >= 15 is 0 Å². The quantitative estimate of drug-likeness (QED) is 0.600. The summed E-state index contributed by atoms with van der Waals surface area (Å²) in [5.41, 5.74) is 3.87. The van der Waals surface area contributed by atoms with Gasteiger partial charge in [-0.25, -0.2) is 4.79 Å². The topological polar surface area (TPSA) is 68.3 Å². The molecule has 2 aromatic carbocycles. The van der Waals surface area contributed by atoms with E-state index in [0.717, 1.165) is 45.9 Å². The van der Waals surface area contributed by atoms with Crippen LogP contribution in [-0.4, -0.2) is 23.0 Å². The highest BCUT2D eigenvalue weighted by Gasteiger charge is 2.27. The molecule has 0 saturated carbocycles. The molecule has 1 heterocycles. The highest BCUT2D eigenvalue weighted by molar-refractivity contribution is 9.10. The highest BCUT2D eigenvalue weighted by Crippen LogP contribution is 2.30. The lowest BCUT2D eigenvalue weighted by atomic mass is 10.0. The van der Waals surface area contributed by atoms with E-state index in [1.54, 1.807) is 19.1 Å². The van der Waals surface area contributed by atoms with Crippen LogP contribution < -0.4 is 5.32 Å². The van der Waals surface area contributed by atoms with Gasteiger partial charge in [0.2, 0.25) is 0 Å². The Labute approximate surface area is 171 Å². The van der Waals surface area contributed by atoms with Crippen molar-refractivity contribution < 1.29 is 14.3 Å². The number of fused-ring (bicyclic) bond motifs is 2. The lowest BCUT2D eigenvalue weighted by Gasteiger charge is -2.16. The minimum atomic E-state index is -0.917. The first-order valence-corrected chi connectivity index (χ1v) is 10.00. The van der Waals surface area contributed by atoms with E-state index in [-0.39, 0.29) is 5.91 Å². The fourth-order valence-corrected chi connectivity index (χ4v) is 3.76. The Hall–Kier alpha value is -2.73. The Morgan fingerprint density at radius 1 is 1.11 bits per heavy atom. The molecule has 1 atom stereocenters. The summed E-state index contributed by atoms with van der Waals surface area (Å²) in [5.74, 6) is -0.846. The molecule has 1 aliphatic carbocycles. The molecule has 0 bridgehead atoms. The van der Waals surface area contributed by atoms with Crippen molar-refractivity contribution in [2.75, 3.05) is 5.32 Å². The average Bonchev–Trinajstić information content (AvgIpc) is 3.15. The first-order valence-electron chi connectivity index (χ1n) is 9.21. The van der Waals surface area contributed by atoms with Crippen molar-refractivity contribution in [2.24, 2.45) is 0 Å². The average molecular weight is 439 g/mol. The number of aromatic nitrogens is 1. The summed E-state index contributed by atoms with van der Waals surface area (Å²) in [6.45, 7) is 1.58. The fourth-order valence-electron chi connectivity index (χ4n) is 3.49. The van der Waals surface area contributed by atoms with Crippen molar-refractivity contribution >= 4 is 44.4 Å². The first-order chi connectivity index (χ1) is 13.5. The van der Waals surface area contributed by atoms with E-state index in [0.29, 0.717) is 11.3 Å². The van der Waals surface area contributed by atoms with Crippen LogP contribution in [0.25, 0.3) is 10.9 Å². The number of halogens is 1. The molecule has 0 unspecified atom stereocenters. The number of carbonyl (C=O) groups is 2. The Kier molecular flexibility index (Phi) is 5.13. The van der Waals surface area contributed by atoms with Gasteiger partial charge in [0, 0.05) is 21.2 Å². The third-order valence-corrected chi connectivity index (χ3v) is 5.42. The molecule has 0 aliphatic heterocycles. The van der Waals surface area contributed by atoms with Crippen LogP contribution >= 0.6 is 15.9 Å². The number of carbonyl (C=O) groups excluding carboxylic acids is 2. The van der Waals surface area contributed by atoms with Crippen LogP contribution in [0.15, 0.2) is 53.0 Å². The number of hydrogen-bond acceptors (Lipinski definition) is 4. The number of anilines is 1. The summed E-state index contributed by atoms with van der Waals surface area (Å²) >= 11 is 3.36. The van der Waals surface area contributed by atoms with Gasteiger partial charge >= 0.3 is 5.97 Å². The molecule has 3 aromatic rings. The molecule has 5 nitrogen and oxygen atoms in total. The van der Waals surface area contributed by atoms with E-state index in [2.05, 4.69) is 26.2 Å². The molecule has 1 N–H and O–H groups in total. The van der Waals surface area contributed by atoms with Crippen LogP contribution in [0.1, 0.15) is 35.0 Å². The number of amides is 1. The largest absolute Gasteiger partial charge is 0.449 e. The van der Waals surface area contributed by atoms with Crippen LogP contribution in [0.3, 0.4) is 0 Å². The van der Waals surface area contributed by atoms with Gasteiger partial charge in [0.05, 0.1) is 11.1 Å². The van der Waals surface area contributed by atoms with Crippen LogP contribution in [-0.2, 0) is 22.4 Å². The maximum absolute atomic E-state index is 13.0. The van der Waals surface area contributed by atoms with E-state index in [1.165, 1.54) is 0 Å². The molecule has 1 aromatic heterocycles. The van der Waals surface area contributed by atoms with Crippen molar-refractivity contribution in [3.8, 4) is 0 Å². The Morgan fingerprint density at radius 2 is 1.86 bits per heavy atom. The molecular weight excluding hydrogens is 420 g/mol. The van der Waals surface area contributed by atoms with Crippen molar-refractivity contribution in [3.05, 3.63) is 69.8 Å². The van der Waals surface area contributed by atoms with Crippen molar-refractivity contribution in [2.45, 2.75) is 32.3 Å². The summed E-state index contributed by atoms with van der Waals surface area (Å²) in [7, 11) is 0. The number of hydrogen-bond donors (Lipinski definition) is 1. The molecule has 1 aliphatic rings. The molecular formula is C22H19BrN2O3. The molecule has 0 spiro atoms. The summed E-state index contributed by atoms with van der Waals surface area (Å²) in [4.78, 5) is 30.1. The lowest BCUT2D eigenvalue weighted by molar-refractivity contribution is -0.123. The minimum Gasteiger partial charge on any atom is -0.449 e. The first kappa shape index (κ1) is 18.6. The third-order valence-electron chi connectivity index (χ3n) is 4.89. The number of rotatable bonds is 4. The van der Waals surface area contributed by atoms with Gasteiger partial charge in [-0.15, -0.1) is 0 Å². The van der Waals surface area contributed by atoms with Crippen molar-refractivity contribution in [1.29, 1.82) is 0 Å². The molecule has 1 amide bonds. The van der Waals surface area contributed by atoms with E-state index in [4.69, 9.17) is 4.74 Å². The van der Waals surface area contributed by atoms with Gasteiger partial charge in [-0.2, -0.15) is 0 Å². The molecule has 6 heteroatoms. The van der Waals surface area contributed by atoms with Gasteiger partial charge < -0.3 is 10.1 Å². The van der Waals surface area contributed by atoms with Crippen LogP contribution in [0.5, 0.6) is 0 Å². The van der Waals surface area contributed by atoms with E-state index in [1.807, 2.05) is 36.4 Å². The number of para-hydroxylation sites is 1. The third kappa shape index (κ3) is 3.64. The number of ether oxygens (including phenoxy) is 1. The second-order valence-corrected chi connectivity index (χ2v) is 7.74. The fraction of sp³-hybridized carbons (Fsp3) is 0.227. The zero-order valence-corrected chi connectivity index (χ0v) is 17.0. The maximum atomic E-state index is 13.0. The Bertz CT molecular complexity index is 1060. The number of nitrogens with zero attached hydrogens (tertiary/aromatic N) is 1. The standard InChI is InChI=1S/C22H19BrN2O3/c1-13(21(26)24-15-11-9-14(23)10-12-15)28-22(27)20-16-5-2-3-7-18(16)25-19-8-4-6-17(19)20/h2-3,5,7,9-13H,4,6,8H2,1H3,(H,24,26)/t13-/m1/s1. The SMILES string of the molecule is C[C@@H](OC(=O)c1c2c(nc3ccccc13)CCC2)C(=O)Nc1ccc(Br)cc1. The van der Waals surface area contributed by atoms with Gasteiger partial charge in [-0.3, -0.25) is 9.78 Å². The molecule has 0 radical (unpaired) electrons. The number of benzene rings is 2. The smallest absolute Gasteiger partial charge is 0.339 e. The van der Waals surface area contributed by atoms with E-state index < -0.39 is 12.1 Å². The lowest BCUT2D eigenvalue weighted by Crippen LogP contribution is -2.30. The van der Waals surface area contributed by atoms with Gasteiger partial charge in [-0.05, 0) is 62.1 Å². The normalized spacial score (nSPS) is 13.8. The maximum Gasteiger partial charge on any atom is 0.339 e. The minimum absolute atomic E-state index is 0.370. The molecule has 142 valence electrons. The number of pyridine rings is 1.